The molecule has 1 aliphatic rings. The summed E-state index contributed by atoms with van der Waals surface area (Å²) in [5, 5.41) is 3.26. The Bertz CT molecular complexity index is 444. The van der Waals surface area contributed by atoms with E-state index in [1.165, 1.54) is 5.56 Å². The van der Waals surface area contributed by atoms with Gasteiger partial charge in [0.2, 0.25) is 5.91 Å². The number of rotatable bonds is 4. The van der Waals surface area contributed by atoms with Crippen LogP contribution >= 0.6 is 0 Å². The lowest BCUT2D eigenvalue weighted by Gasteiger charge is -2.34. The Morgan fingerprint density at radius 1 is 1.47 bits per heavy atom. The third-order valence-electron chi connectivity index (χ3n) is 3.73. The second-order valence-corrected chi connectivity index (χ2v) is 5.60. The van der Waals surface area contributed by atoms with Crippen molar-refractivity contribution in [2.75, 3.05) is 24.5 Å². The molecule has 1 heterocycles. The highest BCUT2D eigenvalue weighted by Crippen LogP contribution is 2.30. The molecular formula is C16H24N2O. The average molecular weight is 260 g/mol. The van der Waals surface area contributed by atoms with Crippen molar-refractivity contribution in [2.24, 2.45) is 11.8 Å². The highest BCUT2D eigenvalue weighted by atomic mass is 16.2. The van der Waals surface area contributed by atoms with E-state index in [0.29, 0.717) is 5.92 Å². The first-order chi connectivity index (χ1) is 9.13. The fourth-order valence-corrected chi connectivity index (χ4v) is 2.72. The first kappa shape index (κ1) is 14.1. The number of nitrogens with zero attached hydrogens (tertiary/aromatic N) is 1. The van der Waals surface area contributed by atoms with Crippen LogP contribution in [0.5, 0.6) is 0 Å². The topological polar surface area (TPSA) is 32.3 Å². The molecule has 0 saturated carbocycles. The van der Waals surface area contributed by atoms with E-state index in [9.17, 15) is 4.79 Å². The van der Waals surface area contributed by atoms with Crippen molar-refractivity contribution in [1.82, 2.24) is 5.32 Å². The maximum atomic E-state index is 12.6. The number of amides is 1. The molecule has 0 aromatic heterocycles. The van der Waals surface area contributed by atoms with Crippen LogP contribution in [-0.4, -0.2) is 25.5 Å². The summed E-state index contributed by atoms with van der Waals surface area (Å²) in [6, 6.07) is 8.28. The van der Waals surface area contributed by atoms with Crippen molar-refractivity contribution < 1.29 is 4.79 Å². The number of anilines is 1. The van der Waals surface area contributed by atoms with Crippen LogP contribution in [0.15, 0.2) is 24.3 Å². The first-order valence-corrected chi connectivity index (χ1v) is 7.23. The van der Waals surface area contributed by atoms with Crippen molar-refractivity contribution in [2.45, 2.75) is 27.2 Å². The lowest BCUT2D eigenvalue weighted by atomic mass is 9.93. The molecule has 2 unspecified atom stereocenters. The standard InChI is InChI=1S/C16H24N2O/c1-4-17-10-13(3)16(19)18-11-12(2)9-14-7-5-6-8-15(14)18/h5-8,12-13,17H,4,9-11H2,1-3H3. The molecule has 0 radical (unpaired) electrons. The number of benzene rings is 1. The van der Waals surface area contributed by atoms with Crippen LogP contribution in [0, 0.1) is 11.8 Å². The molecule has 0 saturated heterocycles. The predicted octanol–water partition coefficient (Wildman–Crippen LogP) is 2.46. The van der Waals surface area contributed by atoms with Gasteiger partial charge in [-0.2, -0.15) is 0 Å². The van der Waals surface area contributed by atoms with Gasteiger partial charge in [-0.1, -0.05) is 39.0 Å². The van der Waals surface area contributed by atoms with Crippen molar-refractivity contribution in [3.8, 4) is 0 Å². The highest BCUT2D eigenvalue weighted by Gasteiger charge is 2.28. The summed E-state index contributed by atoms with van der Waals surface area (Å²) in [4.78, 5) is 14.6. The van der Waals surface area contributed by atoms with Gasteiger partial charge in [0, 0.05) is 24.7 Å². The highest BCUT2D eigenvalue weighted by molar-refractivity contribution is 5.96. The molecule has 2 atom stereocenters. The van der Waals surface area contributed by atoms with Crippen molar-refractivity contribution in [3.05, 3.63) is 29.8 Å². The molecule has 1 aliphatic heterocycles. The summed E-state index contributed by atoms with van der Waals surface area (Å²) in [6.07, 6.45) is 1.07. The van der Waals surface area contributed by atoms with Gasteiger partial charge in [0.15, 0.2) is 0 Å². The summed E-state index contributed by atoms with van der Waals surface area (Å²) in [7, 11) is 0. The molecule has 0 fully saturated rings. The molecule has 1 amide bonds. The molecule has 0 bridgehead atoms. The van der Waals surface area contributed by atoms with E-state index in [2.05, 4.69) is 37.4 Å². The minimum atomic E-state index is 0.0262. The van der Waals surface area contributed by atoms with Gasteiger partial charge in [-0.05, 0) is 30.5 Å². The summed E-state index contributed by atoms with van der Waals surface area (Å²) in [6.45, 7) is 8.78. The fraction of sp³-hybridized carbons (Fsp3) is 0.562. The van der Waals surface area contributed by atoms with Gasteiger partial charge in [-0.25, -0.2) is 0 Å². The van der Waals surface area contributed by atoms with Crippen molar-refractivity contribution in [1.29, 1.82) is 0 Å². The first-order valence-electron chi connectivity index (χ1n) is 7.23. The monoisotopic (exact) mass is 260 g/mol. The zero-order chi connectivity index (χ0) is 13.8. The zero-order valence-corrected chi connectivity index (χ0v) is 12.1. The molecule has 0 spiro atoms. The number of nitrogens with one attached hydrogen (secondary N) is 1. The van der Waals surface area contributed by atoms with Crippen LogP contribution in [0.3, 0.4) is 0 Å². The maximum absolute atomic E-state index is 12.6. The van der Waals surface area contributed by atoms with E-state index in [1.54, 1.807) is 0 Å². The molecule has 104 valence electrons. The van der Waals surface area contributed by atoms with Crippen LogP contribution in [-0.2, 0) is 11.2 Å². The molecular weight excluding hydrogens is 236 g/mol. The molecule has 0 aliphatic carbocycles. The maximum Gasteiger partial charge on any atom is 0.231 e. The molecule has 1 N–H and O–H groups in total. The second kappa shape index (κ2) is 6.20. The molecule has 3 nitrogen and oxygen atoms in total. The minimum Gasteiger partial charge on any atom is -0.316 e. The van der Waals surface area contributed by atoms with E-state index in [0.717, 1.165) is 31.7 Å². The van der Waals surface area contributed by atoms with Crippen LogP contribution in [0.25, 0.3) is 0 Å². The number of fused-ring (bicyclic) bond motifs is 1. The zero-order valence-electron chi connectivity index (χ0n) is 12.1. The summed E-state index contributed by atoms with van der Waals surface area (Å²) < 4.78 is 0. The van der Waals surface area contributed by atoms with E-state index < -0.39 is 0 Å². The third kappa shape index (κ3) is 3.16. The number of carbonyl (C=O) groups is 1. The van der Waals surface area contributed by atoms with Gasteiger partial charge < -0.3 is 10.2 Å². The quantitative estimate of drug-likeness (QED) is 0.902. The Labute approximate surface area is 116 Å². The van der Waals surface area contributed by atoms with Gasteiger partial charge in [-0.3, -0.25) is 4.79 Å². The molecule has 19 heavy (non-hydrogen) atoms. The summed E-state index contributed by atoms with van der Waals surface area (Å²) >= 11 is 0. The fourth-order valence-electron chi connectivity index (χ4n) is 2.72. The largest absolute Gasteiger partial charge is 0.316 e. The van der Waals surface area contributed by atoms with Crippen LogP contribution < -0.4 is 10.2 Å². The Morgan fingerprint density at radius 3 is 2.95 bits per heavy atom. The lowest BCUT2D eigenvalue weighted by Crippen LogP contribution is -2.44. The van der Waals surface area contributed by atoms with E-state index >= 15 is 0 Å². The van der Waals surface area contributed by atoms with Gasteiger partial charge in [0.25, 0.3) is 0 Å². The second-order valence-electron chi connectivity index (χ2n) is 5.60. The Kier molecular flexibility index (Phi) is 4.59. The van der Waals surface area contributed by atoms with E-state index in [4.69, 9.17) is 0 Å². The normalized spacial score (nSPS) is 19.9. The van der Waals surface area contributed by atoms with Crippen LogP contribution in [0.2, 0.25) is 0 Å². The summed E-state index contributed by atoms with van der Waals surface area (Å²) in [5.41, 5.74) is 2.40. The number of hydrogen-bond acceptors (Lipinski definition) is 2. The number of hydrogen-bond donors (Lipinski definition) is 1. The molecule has 1 aromatic carbocycles. The number of para-hydroxylation sites is 1. The summed E-state index contributed by atoms with van der Waals surface area (Å²) in [5.74, 6) is 0.795. The minimum absolute atomic E-state index is 0.0262. The molecule has 1 aromatic rings. The SMILES string of the molecule is CCNCC(C)C(=O)N1CC(C)Cc2ccccc21. The van der Waals surface area contributed by atoms with Gasteiger partial charge in [0.05, 0.1) is 0 Å². The molecule has 2 rings (SSSR count). The Balaban J connectivity index is 2.18. The predicted molar refractivity (Wildman–Crippen MR) is 79.4 cm³/mol. The molecule has 3 heteroatoms. The average Bonchev–Trinajstić information content (AvgIpc) is 2.42. The van der Waals surface area contributed by atoms with Crippen molar-refractivity contribution in [3.63, 3.8) is 0 Å². The number of carbonyl (C=O) groups excluding carboxylic acids is 1. The Hall–Kier alpha value is -1.35. The van der Waals surface area contributed by atoms with E-state index in [1.807, 2.05) is 17.9 Å². The van der Waals surface area contributed by atoms with Crippen LogP contribution in [0.1, 0.15) is 26.3 Å². The van der Waals surface area contributed by atoms with Crippen molar-refractivity contribution >= 4 is 11.6 Å². The van der Waals surface area contributed by atoms with E-state index in [-0.39, 0.29) is 11.8 Å². The van der Waals surface area contributed by atoms with Gasteiger partial charge in [0.1, 0.15) is 0 Å². The van der Waals surface area contributed by atoms with Crippen LogP contribution in [0.4, 0.5) is 5.69 Å². The lowest BCUT2D eigenvalue weighted by molar-refractivity contribution is -0.122. The third-order valence-corrected chi connectivity index (χ3v) is 3.73. The van der Waals surface area contributed by atoms with Gasteiger partial charge in [-0.15, -0.1) is 0 Å². The Morgan fingerprint density at radius 2 is 2.21 bits per heavy atom. The smallest absolute Gasteiger partial charge is 0.231 e. The van der Waals surface area contributed by atoms with Gasteiger partial charge >= 0.3 is 0 Å².